The van der Waals surface area contributed by atoms with E-state index in [4.69, 9.17) is 9.47 Å². The second-order valence-electron chi connectivity index (χ2n) is 7.79. The number of carbonyl (C=O) groups excluding carboxylic acids is 1. The molecule has 2 atom stereocenters. The predicted molar refractivity (Wildman–Crippen MR) is 138 cm³/mol. The van der Waals surface area contributed by atoms with Crippen molar-refractivity contribution in [2.45, 2.75) is 39.1 Å². The van der Waals surface area contributed by atoms with Crippen LogP contribution in [0.4, 0.5) is 0 Å². The molecule has 0 aromatic heterocycles. The Labute approximate surface area is 207 Å². The number of benzene rings is 2. The maximum absolute atomic E-state index is 12.8. The maximum Gasteiger partial charge on any atom is 0.254 e. The number of nitrogens with zero attached hydrogens (tertiary/aromatic N) is 2. The van der Waals surface area contributed by atoms with Crippen molar-refractivity contribution in [3.63, 3.8) is 0 Å². The van der Waals surface area contributed by atoms with Gasteiger partial charge in [0.05, 0.1) is 19.3 Å². The highest BCUT2D eigenvalue weighted by Crippen LogP contribution is 2.15. The average molecular weight is 552 g/mol. The van der Waals surface area contributed by atoms with Crippen LogP contribution >= 0.6 is 24.0 Å². The molecular formula is C24H33IN4O3. The van der Waals surface area contributed by atoms with Crippen LogP contribution in [0.25, 0.3) is 0 Å². The van der Waals surface area contributed by atoms with E-state index in [2.05, 4.69) is 15.6 Å². The van der Waals surface area contributed by atoms with Crippen molar-refractivity contribution in [1.82, 2.24) is 15.5 Å². The molecule has 1 saturated heterocycles. The van der Waals surface area contributed by atoms with E-state index in [0.717, 1.165) is 16.9 Å². The van der Waals surface area contributed by atoms with Gasteiger partial charge in [0.1, 0.15) is 5.75 Å². The molecular weight excluding hydrogens is 519 g/mol. The van der Waals surface area contributed by atoms with E-state index in [1.807, 2.05) is 67.3 Å². The summed E-state index contributed by atoms with van der Waals surface area (Å²) >= 11 is 0. The fourth-order valence-corrected chi connectivity index (χ4v) is 3.63. The molecule has 2 unspecified atom stereocenters. The molecule has 0 saturated carbocycles. The lowest BCUT2D eigenvalue weighted by Gasteiger charge is -2.35. The quantitative estimate of drug-likeness (QED) is 0.327. The Bertz CT molecular complexity index is 877. The number of morpholine rings is 1. The van der Waals surface area contributed by atoms with Gasteiger partial charge >= 0.3 is 0 Å². The van der Waals surface area contributed by atoms with Gasteiger partial charge in [-0.15, -0.1) is 24.0 Å². The Balaban J connectivity index is 0.00000363. The average Bonchev–Trinajstić information content (AvgIpc) is 2.79. The standard InChI is InChI=1S/C24H32N4O3.HI/c1-17-15-28(16-18(2)31-17)23(29)21-9-5-19(6-10-21)13-26-24(25-3)27-14-20-7-11-22(30-4)12-8-20;/h5-12,17-18H,13-16H2,1-4H3,(H2,25,26,27);1H. The molecule has 0 spiro atoms. The number of guanidine groups is 1. The summed E-state index contributed by atoms with van der Waals surface area (Å²) in [5, 5.41) is 6.60. The van der Waals surface area contributed by atoms with Crippen molar-refractivity contribution < 1.29 is 14.3 Å². The molecule has 1 heterocycles. The monoisotopic (exact) mass is 552 g/mol. The summed E-state index contributed by atoms with van der Waals surface area (Å²) < 4.78 is 10.9. The van der Waals surface area contributed by atoms with Gasteiger partial charge in [-0.2, -0.15) is 0 Å². The van der Waals surface area contributed by atoms with Gasteiger partial charge in [0.25, 0.3) is 5.91 Å². The van der Waals surface area contributed by atoms with E-state index in [0.29, 0.717) is 37.7 Å². The molecule has 1 fully saturated rings. The number of ether oxygens (including phenoxy) is 2. The van der Waals surface area contributed by atoms with E-state index >= 15 is 0 Å². The Morgan fingerprint density at radius 2 is 1.50 bits per heavy atom. The number of amides is 1. The molecule has 7 nitrogen and oxygen atoms in total. The van der Waals surface area contributed by atoms with Crippen molar-refractivity contribution >= 4 is 35.8 Å². The number of carbonyl (C=O) groups is 1. The molecule has 1 aliphatic rings. The Kier molecular flexibility index (Phi) is 10.2. The lowest BCUT2D eigenvalue weighted by atomic mass is 10.1. The van der Waals surface area contributed by atoms with Gasteiger partial charge in [-0.1, -0.05) is 24.3 Å². The van der Waals surface area contributed by atoms with Gasteiger partial charge in [0.15, 0.2) is 5.96 Å². The molecule has 1 aliphatic heterocycles. The van der Waals surface area contributed by atoms with Crippen LogP contribution in [-0.2, 0) is 17.8 Å². The first-order chi connectivity index (χ1) is 15.0. The highest BCUT2D eigenvalue weighted by molar-refractivity contribution is 14.0. The Hall–Kier alpha value is -2.33. The van der Waals surface area contributed by atoms with Crippen LogP contribution in [0, 0.1) is 0 Å². The number of hydrogen-bond acceptors (Lipinski definition) is 4. The number of halogens is 1. The molecule has 32 heavy (non-hydrogen) atoms. The molecule has 2 aromatic rings. The van der Waals surface area contributed by atoms with E-state index < -0.39 is 0 Å². The second-order valence-corrected chi connectivity index (χ2v) is 7.79. The normalized spacial score (nSPS) is 18.5. The van der Waals surface area contributed by atoms with E-state index in [1.165, 1.54) is 0 Å². The second kappa shape index (κ2) is 12.6. The van der Waals surface area contributed by atoms with Crippen molar-refractivity contribution in [3.05, 3.63) is 65.2 Å². The Morgan fingerprint density at radius 1 is 1.00 bits per heavy atom. The third kappa shape index (κ3) is 7.37. The number of rotatable bonds is 6. The minimum Gasteiger partial charge on any atom is -0.497 e. The molecule has 0 radical (unpaired) electrons. The molecule has 174 valence electrons. The van der Waals surface area contributed by atoms with Crippen molar-refractivity contribution in [2.24, 2.45) is 4.99 Å². The number of nitrogens with one attached hydrogen (secondary N) is 2. The summed E-state index contributed by atoms with van der Waals surface area (Å²) in [4.78, 5) is 18.9. The lowest BCUT2D eigenvalue weighted by Crippen LogP contribution is -2.48. The van der Waals surface area contributed by atoms with Crippen LogP contribution in [0.5, 0.6) is 5.75 Å². The van der Waals surface area contributed by atoms with E-state index in [9.17, 15) is 4.79 Å². The van der Waals surface area contributed by atoms with Crippen LogP contribution in [0.15, 0.2) is 53.5 Å². The first-order valence-electron chi connectivity index (χ1n) is 10.6. The summed E-state index contributed by atoms with van der Waals surface area (Å²) in [6.07, 6.45) is 0.127. The summed E-state index contributed by atoms with van der Waals surface area (Å²) in [6, 6.07) is 15.6. The van der Waals surface area contributed by atoms with Crippen molar-refractivity contribution in [3.8, 4) is 5.75 Å². The first-order valence-corrected chi connectivity index (χ1v) is 10.6. The van der Waals surface area contributed by atoms with Gasteiger partial charge < -0.3 is 25.0 Å². The van der Waals surface area contributed by atoms with E-state index in [1.54, 1.807) is 14.2 Å². The smallest absolute Gasteiger partial charge is 0.254 e. The highest BCUT2D eigenvalue weighted by atomic mass is 127. The molecule has 8 heteroatoms. The van der Waals surface area contributed by atoms with Gasteiger partial charge in [-0.05, 0) is 49.2 Å². The van der Waals surface area contributed by atoms with Crippen LogP contribution in [0.1, 0.15) is 35.3 Å². The number of aliphatic imine (C=N–C) groups is 1. The minimum absolute atomic E-state index is 0. The van der Waals surface area contributed by atoms with Crippen LogP contribution in [0.3, 0.4) is 0 Å². The maximum atomic E-state index is 12.8. The molecule has 3 rings (SSSR count). The largest absolute Gasteiger partial charge is 0.497 e. The summed E-state index contributed by atoms with van der Waals surface area (Å²) in [6.45, 7) is 6.53. The summed E-state index contributed by atoms with van der Waals surface area (Å²) in [5.74, 6) is 1.61. The lowest BCUT2D eigenvalue weighted by molar-refractivity contribution is -0.0586. The van der Waals surface area contributed by atoms with Crippen LogP contribution in [0.2, 0.25) is 0 Å². The topological polar surface area (TPSA) is 75.2 Å². The first kappa shape index (κ1) is 25.9. The molecule has 2 aromatic carbocycles. The fourth-order valence-electron chi connectivity index (χ4n) is 3.63. The zero-order valence-electron chi connectivity index (χ0n) is 19.1. The third-order valence-electron chi connectivity index (χ3n) is 5.21. The Morgan fingerprint density at radius 3 is 1.97 bits per heavy atom. The minimum atomic E-state index is 0. The number of hydrogen-bond donors (Lipinski definition) is 2. The molecule has 0 aliphatic carbocycles. The van der Waals surface area contributed by atoms with Crippen molar-refractivity contribution in [1.29, 1.82) is 0 Å². The SMILES string of the molecule is CN=C(NCc1ccc(OC)cc1)NCc1ccc(C(=O)N2CC(C)OC(C)C2)cc1.I. The summed E-state index contributed by atoms with van der Waals surface area (Å²) in [7, 11) is 3.40. The third-order valence-corrected chi connectivity index (χ3v) is 5.21. The fraction of sp³-hybridized carbons (Fsp3) is 0.417. The van der Waals surface area contributed by atoms with Gasteiger partial charge in [-0.3, -0.25) is 9.79 Å². The van der Waals surface area contributed by atoms with Gasteiger partial charge in [0, 0.05) is 38.8 Å². The van der Waals surface area contributed by atoms with E-state index in [-0.39, 0.29) is 42.1 Å². The zero-order chi connectivity index (χ0) is 22.2. The zero-order valence-corrected chi connectivity index (χ0v) is 21.5. The highest BCUT2D eigenvalue weighted by Gasteiger charge is 2.26. The predicted octanol–water partition coefficient (Wildman–Crippen LogP) is 3.43. The van der Waals surface area contributed by atoms with Gasteiger partial charge in [0.2, 0.25) is 0 Å². The van der Waals surface area contributed by atoms with Crippen LogP contribution in [-0.4, -0.2) is 56.2 Å². The molecule has 2 N–H and O–H groups in total. The molecule has 0 bridgehead atoms. The van der Waals surface area contributed by atoms with Crippen LogP contribution < -0.4 is 15.4 Å². The summed E-state index contributed by atoms with van der Waals surface area (Å²) in [5.41, 5.74) is 2.91. The number of methoxy groups -OCH3 is 1. The van der Waals surface area contributed by atoms with Crippen molar-refractivity contribution in [2.75, 3.05) is 27.2 Å². The van der Waals surface area contributed by atoms with Gasteiger partial charge in [-0.25, -0.2) is 0 Å². The molecule has 1 amide bonds.